The summed E-state index contributed by atoms with van der Waals surface area (Å²) in [7, 11) is 1.39. The number of nitrogens with one attached hydrogen (secondary N) is 1. The molecule has 0 aliphatic carbocycles. The highest BCUT2D eigenvalue weighted by molar-refractivity contribution is 7.99. The van der Waals surface area contributed by atoms with Gasteiger partial charge in [-0.25, -0.2) is 0 Å². The highest BCUT2D eigenvalue weighted by Gasteiger charge is 2.11. The Morgan fingerprint density at radius 3 is 2.41 bits per heavy atom. The van der Waals surface area contributed by atoms with Crippen LogP contribution in [-0.2, 0) is 10.5 Å². The zero-order valence-electron chi connectivity index (χ0n) is 15.5. The summed E-state index contributed by atoms with van der Waals surface area (Å²) < 4.78 is 34.2. The number of benzene rings is 2. The average molecular weight is 395 g/mol. The number of rotatable bonds is 9. The molecule has 0 atom stereocenters. The zero-order valence-corrected chi connectivity index (χ0v) is 16.3. The molecule has 0 spiro atoms. The molecule has 0 aromatic heterocycles. The van der Waals surface area contributed by atoms with Crippen molar-refractivity contribution in [1.82, 2.24) is 0 Å². The van der Waals surface area contributed by atoms with E-state index in [0.717, 1.165) is 11.3 Å². The standard InChI is InChI=1S/C20H23F2NO3S/c1-13(2)15-5-7-16(8-6-15)23-19(24)12-27-11-14-4-9-17(26-20(21)22)18(10-14)25-3/h4-10,13,20H,11-12H2,1-3H3,(H,23,24). The minimum atomic E-state index is -2.91. The Balaban J connectivity index is 1.83. The van der Waals surface area contributed by atoms with Crippen LogP contribution in [0.5, 0.6) is 11.5 Å². The molecule has 4 nitrogen and oxygen atoms in total. The number of alkyl halides is 2. The highest BCUT2D eigenvalue weighted by atomic mass is 32.2. The summed E-state index contributed by atoms with van der Waals surface area (Å²) in [5.74, 6) is 1.41. The van der Waals surface area contributed by atoms with Gasteiger partial charge in [-0.3, -0.25) is 4.79 Å². The summed E-state index contributed by atoms with van der Waals surface area (Å²) in [6, 6.07) is 12.5. The van der Waals surface area contributed by atoms with Crippen LogP contribution in [-0.4, -0.2) is 25.4 Å². The second kappa shape index (κ2) is 10.2. The quantitative estimate of drug-likeness (QED) is 0.627. The van der Waals surface area contributed by atoms with E-state index in [4.69, 9.17) is 4.74 Å². The molecule has 0 saturated heterocycles. The van der Waals surface area contributed by atoms with Crippen molar-refractivity contribution in [3.63, 3.8) is 0 Å². The summed E-state index contributed by atoms with van der Waals surface area (Å²) in [6.07, 6.45) is 0. The lowest BCUT2D eigenvalue weighted by Gasteiger charge is -2.11. The lowest BCUT2D eigenvalue weighted by molar-refractivity contribution is -0.113. The van der Waals surface area contributed by atoms with Crippen molar-refractivity contribution in [3.8, 4) is 11.5 Å². The van der Waals surface area contributed by atoms with Gasteiger partial charge in [0.15, 0.2) is 11.5 Å². The molecule has 146 valence electrons. The molecular formula is C20H23F2NO3S. The number of amides is 1. The van der Waals surface area contributed by atoms with Crippen molar-refractivity contribution < 1.29 is 23.0 Å². The van der Waals surface area contributed by atoms with Crippen LogP contribution in [0.1, 0.15) is 30.9 Å². The van der Waals surface area contributed by atoms with Gasteiger partial charge in [0.1, 0.15) is 0 Å². The number of halogens is 2. The largest absolute Gasteiger partial charge is 0.493 e. The molecule has 0 saturated carbocycles. The molecular weight excluding hydrogens is 372 g/mol. The first-order valence-electron chi connectivity index (χ1n) is 8.48. The molecule has 0 bridgehead atoms. The second-order valence-corrected chi connectivity index (χ2v) is 7.17. The molecule has 2 aromatic carbocycles. The van der Waals surface area contributed by atoms with E-state index in [2.05, 4.69) is 23.9 Å². The number of ether oxygens (including phenoxy) is 2. The molecule has 1 N–H and O–H groups in total. The monoisotopic (exact) mass is 395 g/mol. The predicted molar refractivity (Wildman–Crippen MR) is 105 cm³/mol. The summed E-state index contributed by atoms with van der Waals surface area (Å²) >= 11 is 1.42. The van der Waals surface area contributed by atoms with Gasteiger partial charge in [0.05, 0.1) is 12.9 Å². The van der Waals surface area contributed by atoms with Gasteiger partial charge in [-0.2, -0.15) is 8.78 Å². The number of methoxy groups -OCH3 is 1. The van der Waals surface area contributed by atoms with E-state index in [1.807, 2.05) is 24.3 Å². The van der Waals surface area contributed by atoms with E-state index in [9.17, 15) is 13.6 Å². The third-order valence-corrected chi connectivity index (χ3v) is 4.81. The lowest BCUT2D eigenvalue weighted by atomic mass is 10.0. The first-order chi connectivity index (χ1) is 12.9. The van der Waals surface area contributed by atoms with Crippen LogP contribution in [0.3, 0.4) is 0 Å². The zero-order chi connectivity index (χ0) is 19.8. The normalized spacial score (nSPS) is 10.9. The van der Waals surface area contributed by atoms with Crippen molar-refractivity contribution in [2.45, 2.75) is 32.1 Å². The van der Waals surface area contributed by atoms with Crippen LogP contribution in [0, 0.1) is 0 Å². The van der Waals surface area contributed by atoms with Gasteiger partial charge in [-0.15, -0.1) is 11.8 Å². The highest BCUT2D eigenvalue weighted by Crippen LogP contribution is 2.30. The molecule has 0 radical (unpaired) electrons. The van der Waals surface area contributed by atoms with Gasteiger partial charge in [-0.1, -0.05) is 32.0 Å². The van der Waals surface area contributed by atoms with Gasteiger partial charge in [-0.05, 0) is 41.3 Å². The Morgan fingerprint density at radius 2 is 1.81 bits per heavy atom. The molecule has 7 heteroatoms. The van der Waals surface area contributed by atoms with Crippen LogP contribution in [0.4, 0.5) is 14.5 Å². The number of thioether (sulfide) groups is 1. The van der Waals surface area contributed by atoms with Crippen molar-refractivity contribution in [2.24, 2.45) is 0 Å². The van der Waals surface area contributed by atoms with Gasteiger partial charge in [0.25, 0.3) is 0 Å². The first-order valence-corrected chi connectivity index (χ1v) is 9.63. The lowest BCUT2D eigenvalue weighted by Crippen LogP contribution is -2.14. The maximum absolute atomic E-state index is 12.3. The fourth-order valence-corrected chi connectivity index (χ4v) is 3.18. The van der Waals surface area contributed by atoms with E-state index in [1.54, 1.807) is 12.1 Å². The summed E-state index contributed by atoms with van der Waals surface area (Å²) in [4.78, 5) is 12.1. The van der Waals surface area contributed by atoms with Crippen molar-refractivity contribution in [3.05, 3.63) is 53.6 Å². The number of hydrogen-bond donors (Lipinski definition) is 1. The topological polar surface area (TPSA) is 47.6 Å². The average Bonchev–Trinajstić information content (AvgIpc) is 2.62. The second-order valence-electron chi connectivity index (χ2n) is 6.18. The summed E-state index contributed by atoms with van der Waals surface area (Å²) in [5.41, 5.74) is 2.84. The van der Waals surface area contributed by atoms with E-state index in [0.29, 0.717) is 11.7 Å². The molecule has 1 amide bonds. The van der Waals surface area contributed by atoms with Crippen LogP contribution in [0.15, 0.2) is 42.5 Å². The molecule has 0 unspecified atom stereocenters. The Hall–Kier alpha value is -2.28. The molecule has 2 aromatic rings. The van der Waals surface area contributed by atoms with E-state index < -0.39 is 6.61 Å². The van der Waals surface area contributed by atoms with Crippen LogP contribution in [0.2, 0.25) is 0 Å². The molecule has 2 rings (SSSR count). The minimum Gasteiger partial charge on any atom is -0.493 e. The van der Waals surface area contributed by atoms with Gasteiger partial charge >= 0.3 is 6.61 Å². The number of carbonyl (C=O) groups is 1. The maximum atomic E-state index is 12.3. The van der Waals surface area contributed by atoms with E-state index in [1.165, 1.54) is 30.5 Å². The number of hydrogen-bond acceptors (Lipinski definition) is 4. The number of anilines is 1. The Bertz CT molecular complexity index is 751. The number of carbonyl (C=O) groups excluding carboxylic acids is 1. The Kier molecular flexibility index (Phi) is 7.91. The smallest absolute Gasteiger partial charge is 0.387 e. The SMILES string of the molecule is COc1cc(CSCC(=O)Nc2ccc(C(C)C)cc2)ccc1OC(F)F. The third-order valence-electron chi connectivity index (χ3n) is 3.81. The maximum Gasteiger partial charge on any atom is 0.387 e. The first kappa shape index (κ1) is 21.0. The van der Waals surface area contributed by atoms with Gasteiger partial charge in [0.2, 0.25) is 5.91 Å². The van der Waals surface area contributed by atoms with E-state index >= 15 is 0 Å². The fraction of sp³-hybridized carbons (Fsp3) is 0.350. The van der Waals surface area contributed by atoms with Crippen LogP contribution >= 0.6 is 11.8 Å². The van der Waals surface area contributed by atoms with Crippen LogP contribution < -0.4 is 14.8 Å². The van der Waals surface area contributed by atoms with Crippen molar-refractivity contribution in [2.75, 3.05) is 18.2 Å². The predicted octanol–water partition coefficient (Wildman–Crippen LogP) is 5.29. The minimum absolute atomic E-state index is 0.0103. The van der Waals surface area contributed by atoms with Crippen molar-refractivity contribution >= 4 is 23.4 Å². The molecule has 0 fully saturated rings. The Morgan fingerprint density at radius 1 is 1.11 bits per heavy atom. The fourth-order valence-electron chi connectivity index (χ4n) is 2.41. The molecule has 0 heterocycles. The molecule has 0 aliphatic heterocycles. The van der Waals surface area contributed by atoms with Gasteiger partial charge < -0.3 is 14.8 Å². The molecule has 27 heavy (non-hydrogen) atoms. The van der Waals surface area contributed by atoms with Crippen LogP contribution in [0.25, 0.3) is 0 Å². The molecule has 0 aliphatic rings. The summed E-state index contributed by atoms with van der Waals surface area (Å²) in [5, 5.41) is 2.86. The summed E-state index contributed by atoms with van der Waals surface area (Å²) in [6.45, 7) is 1.33. The van der Waals surface area contributed by atoms with E-state index in [-0.39, 0.29) is 23.2 Å². The third kappa shape index (κ3) is 6.75. The van der Waals surface area contributed by atoms with Gasteiger partial charge in [0, 0.05) is 11.4 Å². The van der Waals surface area contributed by atoms with Crippen molar-refractivity contribution in [1.29, 1.82) is 0 Å². The Labute approximate surface area is 162 Å².